The van der Waals surface area contributed by atoms with Crippen molar-refractivity contribution in [2.24, 2.45) is 0 Å². The molecule has 0 bridgehead atoms. The molecule has 0 aliphatic carbocycles. The van der Waals surface area contributed by atoms with Gasteiger partial charge in [-0.1, -0.05) is 247 Å². The molecule has 0 aromatic carbocycles. The van der Waals surface area contributed by atoms with Crippen LogP contribution in [0.25, 0.3) is 0 Å². The summed E-state index contributed by atoms with van der Waals surface area (Å²) in [4.78, 5) is 13.4. The predicted octanol–water partition coefficient (Wildman–Crippen LogP) is 9.88. The fraction of sp³-hybridized carbons (Fsp3) is 0.795. The van der Waals surface area contributed by atoms with E-state index in [0.29, 0.717) is 6.42 Å². The number of unbranched alkanes of at least 4 members (excludes halogenated alkanes) is 26. The minimum atomic E-state index is -1.99. The van der Waals surface area contributed by atoms with Crippen molar-refractivity contribution in [2.45, 2.75) is 343 Å². The van der Waals surface area contributed by atoms with Gasteiger partial charge in [0, 0.05) is 6.42 Å². The molecule has 0 aromatic heterocycles. The molecule has 0 radical (unpaired) electrons. The Morgan fingerprint density at radius 2 is 0.750 bits per heavy atom. The summed E-state index contributed by atoms with van der Waals surface area (Å²) in [5.41, 5.74) is 0. The molecule has 3 fully saturated rings. The van der Waals surface area contributed by atoms with E-state index >= 15 is 0 Å². The van der Waals surface area contributed by atoms with Gasteiger partial charge < -0.3 is 89.9 Å². The van der Waals surface area contributed by atoms with Crippen molar-refractivity contribution in [2.75, 3.05) is 26.4 Å². The summed E-state index contributed by atoms with van der Waals surface area (Å²) in [6, 6.07) is -1.00. The van der Waals surface area contributed by atoms with Gasteiger partial charge in [0.25, 0.3) is 0 Å². The van der Waals surface area contributed by atoms with Crippen LogP contribution < -0.4 is 5.32 Å². The Hall–Kier alpha value is -3.03. The lowest BCUT2D eigenvalue weighted by molar-refractivity contribution is -0.379. The van der Waals surface area contributed by atoms with Crippen molar-refractivity contribution in [3.8, 4) is 0 Å². The van der Waals surface area contributed by atoms with Crippen molar-refractivity contribution in [3.05, 3.63) is 85.1 Å². The molecule has 532 valence electrons. The van der Waals surface area contributed by atoms with Gasteiger partial charge in [-0.15, -0.1) is 0 Å². The lowest BCUT2D eigenvalue weighted by Crippen LogP contribution is -2.66. The molecule has 3 aliphatic rings. The molecule has 1 amide bonds. The molecule has 17 atom stereocenters. The second-order valence-corrected chi connectivity index (χ2v) is 25.3. The lowest BCUT2D eigenvalue weighted by atomic mass is 9.96. The van der Waals surface area contributed by atoms with E-state index in [4.69, 9.17) is 28.4 Å². The van der Waals surface area contributed by atoms with Crippen LogP contribution in [0.3, 0.4) is 0 Å². The number of allylic oxidation sites excluding steroid dienone is 13. The molecule has 19 nitrogen and oxygen atoms in total. The van der Waals surface area contributed by atoms with Gasteiger partial charge in [0.2, 0.25) is 5.91 Å². The van der Waals surface area contributed by atoms with Crippen LogP contribution in [0.15, 0.2) is 85.1 Å². The summed E-state index contributed by atoms with van der Waals surface area (Å²) in [6.07, 6.45) is 42.7. The highest BCUT2D eigenvalue weighted by molar-refractivity contribution is 5.76. The van der Waals surface area contributed by atoms with Crippen LogP contribution in [0.5, 0.6) is 0 Å². The normalized spacial score (nSPS) is 28.2. The van der Waals surface area contributed by atoms with Crippen molar-refractivity contribution < 1.29 is 89.4 Å². The molecule has 3 saturated heterocycles. The standard InChI is InChI=1S/C73H127NO18/c1-3-5-7-9-11-13-15-17-19-21-23-25-26-27-28-29-31-32-34-36-38-40-42-44-46-48-50-57(78)56(74-61(79)51-49-47-45-43-41-39-37-35-33-30-24-22-20-18-16-14-12-10-8-6-4-2)55-87-71-67(85)64(82)69(59(53-76)89-71)92-73-68(86)65(83)70(60(54-77)90-73)91-72-66(84)63(81)62(80)58(52-75)88-72/h6,8,12,14,18,20,24,30,35,37,41,43,48,50,56-60,62-73,75-78,80-86H,3-5,7,9-11,13,15-17,19,21-23,25-29,31-34,36,38-40,42,44-47,49,51-55H2,1-2H3,(H,74,79)/b8-6-,14-12-,20-18-,30-24-,37-35-,43-41-,50-48+. The largest absolute Gasteiger partial charge is 0.394 e. The van der Waals surface area contributed by atoms with E-state index in [9.17, 15) is 61.0 Å². The zero-order valence-corrected chi connectivity index (χ0v) is 56.3. The number of carbonyl (C=O) groups is 1. The average molecular weight is 1310 g/mol. The Morgan fingerprint density at radius 3 is 1.17 bits per heavy atom. The third-order valence-corrected chi connectivity index (χ3v) is 17.4. The summed E-state index contributed by atoms with van der Waals surface area (Å²) in [6.45, 7) is 1.60. The first-order valence-corrected chi connectivity index (χ1v) is 35.8. The van der Waals surface area contributed by atoms with E-state index in [1.54, 1.807) is 6.08 Å². The second-order valence-electron chi connectivity index (χ2n) is 25.3. The Kier molecular flexibility index (Phi) is 48.9. The van der Waals surface area contributed by atoms with Crippen molar-refractivity contribution in [1.29, 1.82) is 0 Å². The topological polar surface area (TPSA) is 307 Å². The average Bonchev–Trinajstić information content (AvgIpc) is 0.838. The molecule has 17 unspecified atom stereocenters. The monoisotopic (exact) mass is 1310 g/mol. The maximum Gasteiger partial charge on any atom is 0.220 e. The van der Waals surface area contributed by atoms with E-state index in [1.165, 1.54) is 135 Å². The number of amides is 1. The molecule has 0 aromatic rings. The first kappa shape index (κ1) is 83.2. The van der Waals surface area contributed by atoms with Crippen LogP contribution in [0.1, 0.15) is 239 Å². The van der Waals surface area contributed by atoms with E-state index in [1.807, 2.05) is 6.08 Å². The molecule has 3 rings (SSSR count). The van der Waals surface area contributed by atoms with Crippen LogP contribution in [0.4, 0.5) is 0 Å². The molecule has 3 heterocycles. The first-order chi connectivity index (χ1) is 44.8. The SMILES string of the molecule is CC/C=C\C/C=C\C/C=C\C/C=C\C/C=C\C/C=C\CCCCC(=O)NC(COC1OC(CO)C(OC2OC(CO)C(OC3OC(CO)C(O)C(O)C3O)C(O)C2O)C(O)C1O)C(O)/C=C/CCCCCCCCCCCCCCCCCCCCCCCCCC. The lowest BCUT2D eigenvalue weighted by Gasteiger charge is -2.48. The van der Waals surface area contributed by atoms with Gasteiger partial charge in [0.05, 0.1) is 38.6 Å². The predicted molar refractivity (Wildman–Crippen MR) is 360 cm³/mol. The Balaban J connectivity index is 1.45. The number of carbonyl (C=O) groups excluding carboxylic acids is 1. The number of hydrogen-bond donors (Lipinski definition) is 12. The van der Waals surface area contributed by atoms with Crippen LogP contribution >= 0.6 is 0 Å². The van der Waals surface area contributed by atoms with Gasteiger partial charge in [-0.3, -0.25) is 4.79 Å². The van der Waals surface area contributed by atoms with Crippen LogP contribution in [-0.2, 0) is 33.2 Å². The molecule has 3 aliphatic heterocycles. The van der Waals surface area contributed by atoms with E-state index < -0.39 is 124 Å². The highest BCUT2D eigenvalue weighted by atomic mass is 16.8. The fourth-order valence-corrected chi connectivity index (χ4v) is 11.7. The van der Waals surface area contributed by atoms with Crippen molar-refractivity contribution >= 4 is 5.91 Å². The summed E-state index contributed by atoms with van der Waals surface area (Å²) in [5, 5.41) is 121. The zero-order valence-electron chi connectivity index (χ0n) is 56.3. The van der Waals surface area contributed by atoms with Gasteiger partial charge in [-0.05, 0) is 70.6 Å². The van der Waals surface area contributed by atoms with E-state index in [-0.39, 0.29) is 18.9 Å². The number of hydrogen-bond acceptors (Lipinski definition) is 18. The number of rotatable bonds is 54. The van der Waals surface area contributed by atoms with Crippen molar-refractivity contribution in [1.82, 2.24) is 5.32 Å². The van der Waals surface area contributed by atoms with E-state index in [2.05, 4.69) is 92.1 Å². The quantitative estimate of drug-likeness (QED) is 0.0199. The van der Waals surface area contributed by atoms with Crippen LogP contribution in [-0.4, -0.2) is 193 Å². The van der Waals surface area contributed by atoms with Gasteiger partial charge >= 0.3 is 0 Å². The smallest absolute Gasteiger partial charge is 0.220 e. The second kappa shape index (κ2) is 54.0. The molecule has 12 N–H and O–H groups in total. The molecule has 0 saturated carbocycles. The maximum absolute atomic E-state index is 13.4. The number of aliphatic hydroxyl groups excluding tert-OH is 11. The third kappa shape index (κ3) is 35.3. The molecular formula is C73H127NO18. The van der Waals surface area contributed by atoms with Gasteiger partial charge in [0.1, 0.15) is 73.2 Å². The Labute approximate surface area is 552 Å². The van der Waals surface area contributed by atoms with Crippen LogP contribution in [0, 0.1) is 0 Å². The van der Waals surface area contributed by atoms with Crippen molar-refractivity contribution in [3.63, 3.8) is 0 Å². The Morgan fingerprint density at radius 1 is 0.402 bits per heavy atom. The molecule has 92 heavy (non-hydrogen) atoms. The minimum Gasteiger partial charge on any atom is -0.394 e. The number of nitrogens with one attached hydrogen (secondary N) is 1. The van der Waals surface area contributed by atoms with Crippen LogP contribution in [0.2, 0.25) is 0 Å². The maximum atomic E-state index is 13.4. The van der Waals surface area contributed by atoms with Gasteiger partial charge in [-0.2, -0.15) is 0 Å². The summed E-state index contributed by atoms with van der Waals surface area (Å²) >= 11 is 0. The highest BCUT2D eigenvalue weighted by Crippen LogP contribution is 2.33. The molecular weight excluding hydrogens is 1180 g/mol. The van der Waals surface area contributed by atoms with Gasteiger partial charge in [-0.25, -0.2) is 0 Å². The van der Waals surface area contributed by atoms with E-state index in [0.717, 1.165) is 77.0 Å². The number of ether oxygens (including phenoxy) is 6. The molecule has 0 spiro atoms. The summed E-state index contributed by atoms with van der Waals surface area (Å²) < 4.78 is 34.3. The molecule has 19 heteroatoms. The highest BCUT2D eigenvalue weighted by Gasteiger charge is 2.53. The minimum absolute atomic E-state index is 0.184. The Bertz CT molecular complexity index is 2000. The zero-order chi connectivity index (χ0) is 66.8. The summed E-state index contributed by atoms with van der Waals surface area (Å²) in [7, 11) is 0. The first-order valence-electron chi connectivity index (χ1n) is 35.8. The third-order valence-electron chi connectivity index (χ3n) is 17.4. The fourth-order valence-electron chi connectivity index (χ4n) is 11.7. The summed E-state index contributed by atoms with van der Waals surface area (Å²) in [5.74, 6) is -0.319. The number of aliphatic hydroxyl groups is 11. The van der Waals surface area contributed by atoms with Gasteiger partial charge in [0.15, 0.2) is 18.9 Å².